The summed E-state index contributed by atoms with van der Waals surface area (Å²) in [7, 11) is 0.693. The number of hydrogen-bond donors (Lipinski definition) is 0. The number of nitrogens with zero attached hydrogens (tertiary/aromatic N) is 6. The molecule has 0 saturated heterocycles. The highest BCUT2D eigenvalue weighted by atomic mass is 32.2. The van der Waals surface area contributed by atoms with Gasteiger partial charge in [-0.25, -0.2) is 23.4 Å². The Hall–Kier alpha value is -3.90. The molecule has 194 valence electrons. The van der Waals surface area contributed by atoms with Gasteiger partial charge in [0.1, 0.15) is 23.3 Å². The molecule has 0 aliphatic rings. The van der Waals surface area contributed by atoms with Crippen molar-refractivity contribution in [3.63, 3.8) is 0 Å². The number of aryl methyl sites for hydroxylation is 1. The van der Waals surface area contributed by atoms with Crippen LogP contribution in [0, 0.1) is 6.92 Å². The van der Waals surface area contributed by atoms with E-state index in [1.165, 1.54) is 14.2 Å². The largest absolute Gasteiger partial charge is 0.497 e. The molecule has 0 saturated carbocycles. The Morgan fingerprint density at radius 1 is 0.973 bits per heavy atom. The van der Waals surface area contributed by atoms with Gasteiger partial charge in [-0.1, -0.05) is 12.1 Å². The highest BCUT2D eigenvalue weighted by molar-refractivity contribution is 7.91. The normalized spacial score (nSPS) is 13.2. The van der Waals surface area contributed by atoms with Gasteiger partial charge in [-0.05, 0) is 37.6 Å². The third kappa shape index (κ3) is 5.59. The molecule has 12 heteroatoms. The Balaban J connectivity index is 1.77. The van der Waals surface area contributed by atoms with Gasteiger partial charge in [-0.3, -0.25) is 4.57 Å². The van der Waals surface area contributed by atoms with Crippen molar-refractivity contribution in [2.75, 3.05) is 21.3 Å². The van der Waals surface area contributed by atoms with Crippen molar-refractivity contribution < 1.29 is 22.6 Å². The Bertz CT molecular complexity index is 1470. The summed E-state index contributed by atoms with van der Waals surface area (Å²) in [5, 5.41) is 7.60. The Morgan fingerprint density at radius 2 is 1.70 bits per heavy atom. The number of ether oxygens (including phenoxy) is 3. The van der Waals surface area contributed by atoms with E-state index >= 15 is 0 Å². The van der Waals surface area contributed by atoms with E-state index in [0.717, 1.165) is 5.56 Å². The molecule has 2 atom stereocenters. The zero-order chi connectivity index (χ0) is 26.6. The number of aromatic nitrogens is 6. The molecule has 0 aliphatic carbocycles. The number of methoxy groups -OCH3 is 3. The Kier molecular flexibility index (Phi) is 7.79. The topological polar surface area (TPSA) is 131 Å². The Morgan fingerprint density at radius 3 is 2.38 bits per heavy atom. The molecule has 4 aromatic rings. The molecule has 0 bridgehead atoms. The molecule has 0 fully saturated rings. The van der Waals surface area contributed by atoms with E-state index in [4.69, 9.17) is 14.2 Å². The second kappa shape index (κ2) is 11.0. The molecule has 4 rings (SSSR count). The van der Waals surface area contributed by atoms with E-state index in [2.05, 4.69) is 25.1 Å². The number of benzene rings is 1. The number of rotatable bonds is 10. The second-order valence-corrected chi connectivity index (χ2v) is 10.7. The number of hydrogen-bond acceptors (Lipinski definition) is 10. The molecule has 37 heavy (non-hydrogen) atoms. The minimum absolute atomic E-state index is 0.208. The average molecular weight is 525 g/mol. The van der Waals surface area contributed by atoms with Crippen LogP contribution in [0.3, 0.4) is 0 Å². The standard InChI is InChI=1S/C25H28N6O5S/c1-16-13-26-24(27-14-16)23(36-5)17(2)37(32,33)15-21-29-30-25(20-10-7-11-22(28-20)35-4)31(21)18-8-6-9-19(12-18)34-3/h6-14,17,23H,15H2,1-5H3/t17-,23-/m0/s1. The van der Waals surface area contributed by atoms with E-state index in [0.29, 0.717) is 34.7 Å². The van der Waals surface area contributed by atoms with Crippen LogP contribution in [0.15, 0.2) is 54.9 Å². The zero-order valence-electron chi connectivity index (χ0n) is 21.2. The smallest absolute Gasteiger partial charge is 0.213 e. The molecule has 0 radical (unpaired) electrons. The highest BCUT2D eigenvalue weighted by Crippen LogP contribution is 2.29. The molecule has 1 aromatic carbocycles. The summed E-state index contributed by atoms with van der Waals surface area (Å²) in [6, 6.07) is 12.4. The average Bonchev–Trinajstić information content (AvgIpc) is 3.33. The van der Waals surface area contributed by atoms with Gasteiger partial charge in [-0.2, -0.15) is 0 Å². The maximum absolute atomic E-state index is 13.6. The van der Waals surface area contributed by atoms with Gasteiger partial charge in [0.15, 0.2) is 27.3 Å². The van der Waals surface area contributed by atoms with Crippen LogP contribution in [0.5, 0.6) is 11.6 Å². The first-order valence-corrected chi connectivity index (χ1v) is 13.1. The fourth-order valence-corrected chi connectivity index (χ4v) is 5.23. The lowest BCUT2D eigenvalue weighted by Gasteiger charge is -2.21. The van der Waals surface area contributed by atoms with E-state index in [1.807, 2.05) is 13.0 Å². The van der Waals surface area contributed by atoms with Crippen molar-refractivity contribution in [3.05, 3.63) is 72.1 Å². The van der Waals surface area contributed by atoms with Crippen LogP contribution >= 0.6 is 0 Å². The van der Waals surface area contributed by atoms with Crippen LogP contribution in [0.2, 0.25) is 0 Å². The molecule has 3 heterocycles. The molecule has 0 amide bonds. The van der Waals surface area contributed by atoms with E-state index in [9.17, 15) is 8.42 Å². The number of sulfone groups is 1. The predicted octanol–water partition coefficient (Wildman–Crippen LogP) is 3.14. The van der Waals surface area contributed by atoms with E-state index < -0.39 is 26.9 Å². The lowest BCUT2D eigenvalue weighted by Crippen LogP contribution is -2.30. The SMILES string of the molecule is COc1cccc(-n2c(CS(=O)(=O)[C@@H](C)[C@H](OC)c3ncc(C)cn3)nnc2-c2cccc(OC)n2)c1. The Labute approximate surface area is 215 Å². The van der Waals surface area contributed by atoms with Crippen LogP contribution in [-0.2, 0) is 20.3 Å². The minimum atomic E-state index is -3.82. The molecule has 0 unspecified atom stereocenters. The van der Waals surface area contributed by atoms with E-state index in [-0.39, 0.29) is 5.82 Å². The number of pyridine rings is 1. The molecule has 0 N–H and O–H groups in total. The third-order valence-electron chi connectivity index (χ3n) is 5.84. The van der Waals surface area contributed by atoms with Crippen molar-refractivity contribution >= 4 is 9.84 Å². The van der Waals surface area contributed by atoms with Crippen LogP contribution in [0.25, 0.3) is 17.2 Å². The first-order valence-electron chi connectivity index (χ1n) is 11.4. The monoisotopic (exact) mass is 524 g/mol. The molecule has 0 aliphatic heterocycles. The van der Waals surface area contributed by atoms with Gasteiger partial charge in [0.05, 0.1) is 25.2 Å². The maximum atomic E-state index is 13.6. The lowest BCUT2D eigenvalue weighted by molar-refractivity contribution is 0.0947. The van der Waals surface area contributed by atoms with Gasteiger partial charge in [0.2, 0.25) is 5.88 Å². The highest BCUT2D eigenvalue weighted by Gasteiger charge is 2.34. The van der Waals surface area contributed by atoms with Gasteiger partial charge < -0.3 is 14.2 Å². The zero-order valence-corrected chi connectivity index (χ0v) is 22.0. The fourth-order valence-electron chi connectivity index (χ4n) is 3.81. The lowest BCUT2D eigenvalue weighted by atomic mass is 10.2. The third-order valence-corrected chi connectivity index (χ3v) is 7.88. The van der Waals surface area contributed by atoms with E-state index in [1.54, 1.807) is 67.4 Å². The van der Waals surface area contributed by atoms with Crippen LogP contribution in [0.4, 0.5) is 0 Å². The molecule has 0 spiro atoms. The van der Waals surface area contributed by atoms with Crippen molar-refractivity contribution in [1.29, 1.82) is 0 Å². The fraction of sp³-hybridized carbons (Fsp3) is 0.320. The van der Waals surface area contributed by atoms with Crippen molar-refractivity contribution in [2.24, 2.45) is 0 Å². The van der Waals surface area contributed by atoms with Crippen LogP contribution in [0.1, 0.15) is 30.2 Å². The first kappa shape index (κ1) is 26.2. The minimum Gasteiger partial charge on any atom is -0.497 e. The molecule has 3 aromatic heterocycles. The van der Waals surface area contributed by atoms with Gasteiger partial charge >= 0.3 is 0 Å². The van der Waals surface area contributed by atoms with Crippen molar-refractivity contribution in [3.8, 4) is 28.8 Å². The summed E-state index contributed by atoms with van der Waals surface area (Å²) in [4.78, 5) is 13.0. The summed E-state index contributed by atoms with van der Waals surface area (Å²) >= 11 is 0. The molecular weight excluding hydrogens is 496 g/mol. The van der Waals surface area contributed by atoms with Gasteiger partial charge in [-0.15, -0.1) is 10.2 Å². The molecule has 11 nitrogen and oxygen atoms in total. The summed E-state index contributed by atoms with van der Waals surface area (Å²) in [6.45, 7) is 3.43. The summed E-state index contributed by atoms with van der Waals surface area (Å²) in [5.41, 5.74) is 1.94. The van der Waals surface area contributed by atoms with Gasteiger partial charge in [0.25, 0.3) is 0 Å². The molecular formula is C25H28N6O5S. The first-order chi connectivity index (χ1) is 17.8. The van der Waals surface area contributed by atoms with Gasteiger partial charge in [0, 0.05) is 31.6 Å². The predicted molar refractivity (Wildman–Crippen MR) is 136 cm³/mol. The van der Waals surface area contributed by atoms with Crippen LogP contribution < -0.4 is 9.47 Å². The maximum Gasteiger partial charge on any atom is 0.213 e. The second-order valence-electron chi connectivity index (χ2n) is 8.33. The summed E-state index contributed by atoms with van der Waals surface area (Å²) in [6.07, 6.45) is 2.39. The summed E-state index contributed by atoms with van der Waals surface area (Å²) < 4.78 is 45.0. The summed E-state index contributed by atoms with van der Waals surface area (Å²) in [5.74, 6) is 1.43. The van der Waals surface area contributed by atoms with Crippen molar-refractivity contribution in [2.45, 2.75) is 31.0 Å². The van der Waals surface area contributed by atoms with Crippen LogP contribution in [-0.4, -0.2) is 64.7 Å². The quantitative estimate of drug-likeness (QED) is 0.305. The van der Waals surface area contributed by atoms with Crippen molar-refractivity contribution in [1.82, 2.24) is 29.7 Å².